The highest BCUT2D eigenvalue weighted by Gasteiger charge is 2.07. The van der Waals surface area contributed by atoms with Crippen LogP contribution in [0.2, 0.25) is 0 Å². The number of hydrogen-bond donors (Lipinski definition) is 2. The Balaban J connectivity index is 2.34. The van der Waals surface area contributed by atoms with Crippen LogP contribution in [-0.2, 0) is 11.2 Å². The molecule has 0 heterocycles. The minimum Gasteiger partial charge on any atom is -0.399 e. The third kappa shape index (κ3) is 4.87. The van der Waals surface area contributed by atoms with Crippen molar-refractivity contribution in [2.24, 2.45) is 0 Å². The summed E-state index contributed by atoms with van der Waals surface area (Å²) in [6, 6.07) is 7.57. The topological polar surface area (TPSA) is 66.6 Å². The van der Waals surface area contributed by atoms with Crippen molar-refractivity contribution in [3.63, 3.8) is 0 Å². The molecular formula is C13H20N2O2. The van der Waals surface area contributed by atoms with E-state index in [4.69, 9.17) is 10.8 Å². The Morgan fingerprint density at radius 1 is 1.35 bits per heavy atom. The Labute approximate surface area is 102 Å². The quantitative estimate of drug-likeness (QED) is 0.725. The average Bonchev–Trinajstić information content (AvgIpc) is 2.34. The molecule has 94 valence electrons. The normalized spacial score (nSPS) is 10.2. The Kier molecular flexibility index (Phi) is 5.49. The summed E-state index contributed by atoms with van der Waals surface area (Å²) in [6.45, 7) is 0.729. The van der Waals surface area contributed by atoms with Gasteiger partial charge in [0, 0.05) is 32.3 Å². The van der Waals surface area contributed by atoms with E-state index in [1.165, 1.54) is 0 Å². The molecule has 17 heavy (non-hydrogen) atoms. The molecule has 4 nitrogen and oxygen atoms in total. The molecule has 1 amide bonds. The number of nitrogens with zero attached hydrogens (tertiary/aromatic N) is 1. The Bertz CT molecular complexity index is 349. The molecule has 0 saturated carbocycles. The number of carbonyl (C=O) groups is 1. The Morgan fingerprint density at radius 3 is 2.59 bits per heavy atom. The van der Waals surface area contributed by atoms with Crippen molar-refractivity contribution >= 4 is 11.6 Å². The second-order valence-corrected chi connectivity index (χ2v) is 4.13. The molecule has 1 aromatic carbocycles. The highest BCUT2D eigenvalue weighted by atomic mass is 16.3. The van der Waals surface area contributed by atoms with Gasteiger partial charge in [0.2, 0.25) is 5.91 Å². The van der Waals surface area contributed by atoms with Gasteiger partial charge in [-0.05, 0) is 30.5 Å². The van der Waals surface area contributed by atoms with Gasteiger partial charge in [-0.1, -0.05) is 12.1 Å². The first-order valence-corrected chi connectivity index (χ1v) is 5.82. The van der Waals surface area contributed by atoms with Crippen molar-refractivity contribution in [3.8, 4) is 0 Å². The van der Waals surface area contributed by atoms with Gasteiger partial charge in [0.25, 0.3) is 0 Å². The number of benzene rings is 1. The summed E-state index contributed by atoms with van der Waals surface area (Å²) < 4.78 is 0. The fraction of sp³-hybridized carbons (Fsp3) is 0.462. The predicted molar refractivity (Wildman–Crippen MR) is 68.5 cm³/mol. The Morgan fingerprint density at radius 2 is 2.00 bits per heavy atom. The first-order chi connectivity index (χ1) is 8.13. The van der Waals surface area contributed by atoms with E-state index < -0.39 is 0 Å². The number of hydrogen-bond acceptors (Lipinski definition) is 3. The van der Waals surface area contributed by atoms with Crippen molar-refractivity contribution in [2.75, 3.05) is 25.9 Å². The molecule has 0 aliphatic carbocycles. The minimum absolute atomic E-state index is 0.107. The summed E-state index contributed by atoms with van der Waals surface area (Å²) in [5.74, 6) is 0.107. The summed E-state index contributed by atoms with van der Waals surface area (Å²) >= 11 is 0. The first-order valence-electron chi connectivity index (χ1n) is 5.82. The summed E-state index contributed by atoms with van der Waals surface area (Å²) in [4.78, 5) is 13.4. The molecule has 0 aliphatic rings. The van der Waals surface area contributed by atoms with Gasteiger partial charge < -0.3 is 15.7 Å². The number of nitrogen functional groups attached to an aromatic ring is 1. The molecule has 1 rings (SSSR count). The number of amides is 1. The lowest BCUT2D eigenvalue weighted by molar-refractivity contribution is -0.129. The van der Waals surface area contributed by atoms with Gasteiger partial charge in [-0.15, -0.1) is 0 Å². The maximum absolute atomic E-state index is 11.7. The second-order valence-electron chi connectivity index (χ2n) is 4.13. The number of aliphatic hydroxyl groups excluding tert-OH is 1. The fourth-order valence-corrected chi connectivity index (χ4v) is 1.56. The smallest absolute Gasteiger partial charge is 0.222 e. The van der Waals surface area contributed by atoms with Crippen LogP contribution in [0.1, 0.15) is 18.4 Å². The summed E-state index contributed by atoms with van der Waals surface area (Å²) in [5, 5.41) is 8.68. The molecule has 0 spiro atoms. The van der Waals surface area contributed by atoms with E-state index in [-0.39, 0.29) is 12.5 Å². The molecule has 0 aliphatic heterocycles. The lowest BCUT2D eigenvalue weighted by atomic mass is 10.1. The van der Waals surface area contributed by atoms with E-state index in [0.29, 0.717) is 19.4 Å². The molecule has 0 radical (unpaired) electrons. The number of anilines is 1. The molecule has 0 unspecified atom stereocenters. The molecule has 0 fully saturated rings. The number of carbonyl (C=O) groups excluding carboxylic acids is 1. The van der Waals surface area contributed by atoms with Crippen LogP contribution in [0.4, 0.5) is 5.69 Å². The van der Waals surface area contributed by atoms with E-state index >= 15 is 0 Å². The van der Waals surface area contributed by atoms with Gasteiger partial charge in [0.1, 0.15) is 0 Å². The molecule has 0 bridgehead atoms. The third-order valence-electron chi connectivity index (χ3n) is 2.68. The highest BCUT2D eigenvalue weighted by molar-refractivity contribution is 5.76. The monoisotopic (exact) mass is 236 g/mol. The lowest BCUT2D eigenvalue weighted by Crippen LogP contribution is -2.28. The summed E-state index contributed by atoms with van der Waals surface area (Å²) in [7, 11) is 1.76. The zero-order valence-electron chi connectivity index (χ0n) is 10.2. The van der Waals surface area contributed by atoms with Crippen LogP contribution < -0.4 is 5.73 Å². The van der Waals surface area contributed by atoms with Gasteiger partial charge in [0.15, 0.2) is 0 Å². The SMILES string of the molecule is CN(CCCO)C(=O)CCc1ccc(N)cc1. The van der Waals surface area contributed by atoms with E-state index in [1.54, 1.807) is 11.9 Å². The zero-order valence-corrected chi connectivity index (χ0v) is 10.2. The Hall–Kier alpha value is -1.55. The standard InChI is InChI=1S/C13H20N2O2/c1-15(9-2-10-16)13(17)8-5-11-3-6-12(14)7-4-11/h3-4,6-7,16H,2,5,8-10,14H2,1H3. The molecule has 1 aromatic rings. The van der Waals surface area contributed by atoms with Crippen molar-refractivity contribution in [2.45, 2.75) is 19.3 Å². The van der Waals surface area contributed by atoms with Gasteiger partial charge in [-0.25, -0.2) is 0 Å². The van der Waals surface area contributed by atoms with Crippen LogP contribution >= 0.6 is 0 Å². The maximum atomic E-state index is 11.7. The van der Waals surface area contributed by atoms with Crippen molar-refractivity contribution in [1.82, 2.24) is 4.90 Å². The van der Waals surface area contributed by atoms with Crippen LogP contribution in [0.3, 0.4) is 0 Å². The van der Waals surface area contributed by atoms with Crippen LogP contribution in [0, 0.1) is 0 Å². The highest BCUT2D eigenvalue weighted by Crippen LogP contribution is 2.08. The molecule has 3 N–H and O–H groups in total. The predicted octanol–water partition coefficient (Wildman–Crippen LogP) is 1.04. The zero-order chi connectivity index (χ0) is 12.7. The van der Waals surface area contributed by atoms with Gasteiger partial charge in [-0.2, -0.15) is 0 Å². The van der Waals surface area contributed by atoms with Gasteiger partial charge >= 0.3 is 0 Å². The molecule has 0 aromatic heterocycles. The molecule has 0 atom stereocenters. The third-order valence-corrected chi connectivity index (χ3v) is 2.68. The minimum atomic E-state index is 0.107. The van der Waals surface area contributed by atoms with Crippen LogP contribution in [0.5, 0.6) is 0 Å². The maximum Gasteiger partial charge on any atom is 0.222 e. The van der Waals surface area contributed by atoms with Crippen molar-refractivity contribution < 1.29 is 9.90 Å². The number of aliphatic hydroxyl groups is 1. The van der Waals surface area contributed by atoms with E-state index in [9.17, 15) is 4.79 Å². The van der Waals surface area contributed by atoms with Crippen molar-refractivity contribution in [3.05, 3.63) is 29.8 Å². The number of nitrogens with two attached hydrogens (primary N) is 1. The first kappa shape index (κ1) is 13.5. The van der Waals surface area contributed by atoms with Gasteiger partial charge in [-0.3, -0.25) is 4.79 Å². The van der Waals surface area contributed by atoms with Crippen LogP contribution in [0.25, 0.3) is 0 Å². The van der Waals surface area contributed by atoms with E-state index in [2.05, 4.69) is 0 Å². The van der Waals surface area contributed by atoms with Crippen LogP contribution in [-0.4, -0.2) is 36.1 Å². The lowest BCUT2D eigenvalue weighted by Gasteiger charge is -2.16. The molecular weight excluding hydrogens is 216 g/mol. The summed E-state index contributed by atoms with van der Waals surface area (Å²) in [5.41, 5.74) is 7.44. The molecule has 0 saturated heterocycles. The largest absolute Gasteiger partial charge is 0.399 e. The van der Waals surface area contributed by atoms with E-state index in [0.717, 1.165) is 17.7 Å². The second kappa shape index (κ2) is 6.91. The average molecular weight is 236 g/mol. The fourth-order valence-electron chi connectivity index (χ4n) is 1.56. The molecule has 4 heteroatoms. The summed E-state index contributed by atoms with van der Waals surface area (Å²) in [6.07, 6.45) is 1.85. The van der Waals surface area contributed by atoms with Crippen LogP contribution in [0.15, 0.2) is 24.3 Å². The number of aryl methyl sites for hydroxylation is 1. The van der Waals surface area contributed by atoms with E-state index in [1.807, 2.05) is 24.3 Å². The van der Waals surface area contributed by atoms with Crippen molar-refractivity contribution in [1.29, 1.82) is 0 Å². The number of rotatable bonds is 6. The van der Waals surface area contributed by atoms with Gasteiger partial charge in [0.05, 0.1) is 0 Å².